The maximum absolute atomic E-state index is 12.9. The predicted molar refractivity (Wildman–Crippen MR) is 135 cm³/mol. The molecule has 0 spiro atoms. The third-order valence-corrected chi connectivity index (χ3v) is 5.95. The summed E-state index contributed by atoms with van der Waals surface area (Å²) in [6.45, 7) is 2.56. The number of H-pyrrole nitrogens is 1. The van der Waals surface area contributed by atoms with Crippen molar-refractivity contribution in [1.29, 1.82) is 0 Å². The molecule has 0 aliphatic carbocycles. The van der Waals surface area contributed by atoms with E-state index in [2.05, 4.69) is 38.1 Å². The zero-order chi connectivity index (χ0) is 23.0. The summed E-state index contributed by atoms with van der Waals surface area (Å²) in [5.41, 5.74) is 3.36. The molecule has 0 aliphatic rings. The van der Waals surface area contributed by atoms with Gasteiger partial charge < -0.3 is 15.0 Å². The van der Waals surface area contributed by atoms with Crippen LogP contribution in [0.1, 0.15) is 53.0 Å². The fourth-order valence-electron chi connectivity index (χ4n) is 3.75. The number of ether oxygens (including phenoxy) is 1. The van der Waals surface area contributed by atoms with Gasteiger partial charge in [0.05, 0.1) is 0 Å². The lowest BCUT2D eigenvalue weighted by Gasteiger charge is -2.20. The van der Waals surface area contributed by atoms with Gasteiger partial charge in [-0.15, -0.1) is 0 Å². The minimum Gasteiger partial charge on any atom is -0.489 e. The van der Waals surface area contributed by atoms with Gasteiger partial charge in [-0.2, -0.15) is 0 Å². The molecule has 5 nitrogen and oxygen atoms in total. The second kappa shape index (κ2) is 11.0. The van der Waals surface area contributed by atoms with Crippen LogP contribution in [0.15, 0.2) is 89.7 Å². The fourth-order valence-corrected chi connectivity index (χ4v) is 4.02. The molecule has 0 saturated heterocycles. The van der Waals surface area contributed by atoms with Crippen LogP contribution in [0.25, 0.3) is 0 Å². The molecule has 6 heteroatoms. The smallest absolute Gasteiger partial charge is 0.255 e. The standard InChI is InChI=1S/C27H26BrN3O2/c1-2-6-24(26-29-15-16-30-26)23-14-11-20(27(32)31-22-7-4-3-5-8-22)17-25(23)33-18-19-9-12-21(28)13-10-19/h3-5,7-17,24H,2,6,18H2,1H3,(H,29,30)(H,31,32). The molecule has 4 rings (SSSR count). The van der Waals surface area contributed by atoms with E-state index >= 15 is 0 Å². The number of anilines is 1. The molecule has 3 aromatic carbocycles. The van der Waals surface area contributed by atoms with Crippen molar-refractivity contribution in [2.45, 2.75) is 32.3 Å². The number of para-hydroxylation sites is 1. The van der Waals surface area contributed by atoms with Gasteiger partial charge in [-0.05, 0) is 48.4 Å². The van der Waals surface area contributed by atoms with Gasteiger partial charge in [0.1, 0.15) is 18.2 Å². The van der Waals surface area contributed by atoms with Gasteiger partial charge in [0.25, 0.3) is 5.91 Å². The number of aromatic amines is 1. The second-order valence-corrected chi connectivity index (χ2v) is 8.72. The summed E-state index contributed by atoms with van der Waals surface area (Å²) in [5.74, 6) is 1.46. The molecule has 0 radical (unpaired) electrons. The Labute approximate surface area is 202 Å². The Morgan fingerprint density at radius 1 is 1.09 bits per heavy atom. The Kier molecular flexibility index (Phi) is 7.58. The molecule has 1 atom stereocenters. The molecular weight excluding hydrogens is 478 g/mol. The molecular formula is C27H26BrN3O2. The molecule has 0 saturated carbocycles. The maximum atomic E-state index is 12.9. The van der Waals surface area contributed by atoms with Crippen molar-refractivity contribution in [3.63, 3.8) is 0 Å². The quantitative estimate of drug-likeness (QED) is 0.260. The fraction of sp³-hybridized carbons (Fsp3) is 0.185. The van der Waals surface area contributed by atoms with Gasteiger partial charge in [0.2, 0.25) is 0 Å². The lowest BCUT2D eigenvalue weighted by molar-refractivity contribution is 0.102. The van der Waals surface area contributed by atoms with Crippen molar-refractivity contribution in [3.8, 4) is 5.75 Å². The van der Waals surface area contributed by atoms with E-state index in [1.807, 2.05) is 79.0 Å². The Morgan fingerprint density at radius 3 is 2.58 bits per heavy atom. The monoisotopic (exact) mass is 503 g/mol. The number of rotatable bonds is 9. The zero-order valence-electron chi connectivity index (χ0n) is 18.4. The van der Waals surface area contributed by atoms with Crippen molar-refractivity contribution < 1.29 is 9.53 Å². The van der Waals surface area contributed by atoms with Gasteiger partial charge >= 0.3 is 0 Å². The third kappa shape index (κ3) is 5.90. The van der Waals surface area contributed by atoms with E-state index in [-0.39, 0.29) is 11.8 Å². The van der Waals surface area contributed by atoms with Crippen LogP contribution in [0.4, 0.5) is 5.69 Å². The van der Waals surface area contributed by atoms with Crippen LogP contribution >= 0.6 is 15.9 Å². The number of imidazole rings is 1. The Morgan fingerprint density at radius 2 is 1.88 bits per heavy atom. The van der Waals surface area contributed by atoms with Crippen molar-refractivity contribution in [2.75, 3.05) is 5.32 Å². The number of aromatic nitrogens is 2. The highest BCUT2D eigenvalue weighted by molar-refractivity contribution is 9.10. The molecule has 33 heavy (non-hydrogen) atoms. The van der Waals surface area contributed by atoms with Gasteiger partial charge in [0.15, 0.2) is 0 Å². The predicted octanol–water partition coefficient (Wildman–Crippen LogP) is 6.94. The molecule has 0 aliphatic heterocycles. The molecule has 1 aromatic heterocycles. The van der Waals surface area contributed by atoms with E-state index in [1.165, 1.54) is 0 Å². The number of hydrogen-bond acceptors (Lipinski definition) is 3. The molecule has 1 amide bonds. The Bertz CT molecular complexity index is 1180. The molecule has 0 fully saturated rings. The first-order valence-corrected chi connectivity index (χ1v) is 11.8. The first-order valence-electron chi connectivity index (χ1n) is 11.0. The Balaban J connectivity index is 1.65. The van der Waals surface area contributed by atoms with Crippen LogP contribution in [0, 0.1) is 0 Å². The number of hydrogen-bond donors (Lipinski definition) is 2. The zero-order valence-corrected chi connectivity index (χ0v) is 20.0. The number of benzene rings is 3. The minimum atomic E-state index is -0.175. The van der Waals surface area contributed by atoms with Crippen LogP contribution in [0.2, 0.25) is 0 Å². The highest BCUT2D eigenvalue weighted by atomic mass is 79.9. The molecule has 4 aromatic rings. The van der Waals surface area contributed by atoms with Crippen molar-refractivity contribution in [3.05, 3.63) is 112 Å². The number of carbonyl (C=O) groups excluding carboxylic acids is 1. The van der Waals surface area contributed by atoms with E-state index in [0.717, 1.165) is 40.0 Å². The van der Waals surface area contributed by atoms with Gasteiger partial charge in [0, 0.05) is 39.6 Å². The van der Waals surface area contributed by atoms with Crippen LogP contribution in [0.5, 0.6) is 5.75 Å². The van der Waals surface area contributed by atoms with Crippen molar-refractivity contribution in [1.82, 2.24) is 9.97 Å². The van der Waals surface area contributed by atoms with E-state index in [1.54, 1.807) is 6.20 Å². The first kappa shape index (κ1) is 22.8. The van der Waals surface area contributed by atoms with Crippen LogP contribution in [-0.2, 0) is 6.61 Å². The highest BCUT2D eigenvalue weighted by Gasteiger charge is 2.22. The van der Waals surface area contributed by atoms with Crippen LogP contribution in [0.3, 0.4) is 0 Å². The van der Waals surface area contributed by atoms with Crippen molar-refractivity contribution >= 4 is 27.5 Å². The van der Waals surface area contributed by atoms with Crippen LogP contribution in [-0.4, -0.2) is 15.9 Å². The summed E-state index contributed by atoms with van der Waals surface area (Å²) in [5, 5.41) is 2.95. The van der Waals surface area contributed by atoms with E-state index < -0.39 is 0 Å². The van der Waals surface area contributed by atoms with Gasteiger partial charge in [-0.3, -0.25) is 4.79 Å². The maximum Gasteiger partial charge on any atom is 0.255 e. The lowest BCUT2D eigenvalue weighted by atomic mass is 9.92. The van der Waals surface area contributed by atoms with E-state index in [9.17, 15) is 4.79 Å². The average Bonchev–Trinajstić information content (AvgIpc) is 3.37. The summed E-state index contributed by atoms with van der Waals surface area (Å²) >= 11 is 3.47. The Hall–Kier alpha value is -3.38. The van der Waals surface area contributed by atoms with E-state index in [0.29, 0.717) is 17.9 Å². The second-order valence-electron chi connectivity index (χ2n) is 7.80. The highest BCUT2D eigenvalue weighted by Crippen LogP contribution is 2.35. The number of amides is 1. The average molecular weight is 504 g/mol. The molecule has 1 unspecified atom stereocenters. The number of halogens is 1. The summed E-state index contributed by atoms with van der Waals surface area (Å²) in [4.78, 5) is 20.7. The van der Waals surface area contributed by atoms with Gasteiger partial charge in [-0.25, -0.2) is 4.98 Å². The normalized spacial score (nSPS) is 11.7. The lowest BCUT2D eigenvalue weighted by Crippen LogP contribution is -2.13. The topological polar surface area (TPSA) is 67.0 Å². The number of carbonyl (C=O) groups is 1. The third-order valence-electron chi connectivity index (χ3n) is 5.42. The molecule has 0 bridgehead atoms. The molecule has 2 N–H and O–H groups in total. The number of nitrogens with one attached hydrogen (secondary N) is 2. The number of nitrogens with zero attached hydrogens (tertiary/aromatic N) is 1. The molecule has 1 heterocycles. The SMILES string of the molecule is CCCC(c1ncc[nH]1)c1ccc(C(=O)Nc2ccccc2)cc1OCc1ccc(Br)cc1. The summed E-state index contributed by atoms with van der Waals surface area (Å²) in [6.07, 6.45) is 5.51. The van der Waals surface area contributed by atoms with E-state index in [4.69, 9.17) is 4.74 Å². The summed E-state index contributed by atoms with van der Waals surface area (Å²) in [6, 6.07) is 23.1. The summed E-state index contributed by atoms with van der Waals surface area (Å²) in [7, 11) is 0. The first-order chi connectivity index (χ1) is 16.1. The molecule has 168 valence electrons. The minimum absolute atomic E-state index is 0.0520. The van der Waals surface area contributed by atoms with Crippen molar-refractivity contribution in [2.24, 2.45) is 0 Å². The summed E-state index contributed by atoms with van der Waals surface area (Å²) < 4.78 is 7.31. The largest absolute Gasteiger partial charge is 0.489 e. The van der Waals surface area contributed by atoms with Crippen LogP contribution < -0.4 is 10.1 Å². The van der Waals surface area contributed by atoms with Gasteiger partial charge in [-0.1, -0.05) is 65.7 Å².